The van der Waals surface area contributed by atoms with E-state index in [1.165, 1.54) is 0 Å². The molecule has 2 aromatic rings. The summed E-state index contributed by atoms with van der Waals surface area (Å²) in [5.41, 5.74) is 8.19. The van der Waals surface area contributed by atoms with E-state index in [1.54, 1.807) is 18.9 Å². The highest BCUT2D eigenvalue weighted by atomic mass is 16.5. The summed E-state index contributed by atoms with van der Waals surface area (Å²) in [5.74, 6) is 1.45. The van der Waals surface area contributed by atoms with Gasteiger partial charge in [0.05, 0.1) is 19.9 Å². The molecule has 2 N–H and O–H groups in total. The summed E-state index contributed by atoms with van der Waals surface area (Å²) in [6.45, 7) is 2.04. The lowest BCUT2D eigenvalue weighted by Crippen LogP contribution is -2.41. The Morgan fingerprint density at radius 2 is 1.86 bits per heavy atom. The Hall–Kier alpha value is -2.01. The number of aryl methyl sites for hydroxylation is 1. The van der Waals surface area contributed by atoms with Gasteiger partial charge in [-0.3, -0.25) is 4.68 Å². The molecule has 5 nitrogen and oxygen atoms in total. The molecule has 0 aliphatic rings. The zero-order valence-electron chi connectivity index (χ0n) is 13.1. The molecule has 1 aromatic heterocycles. The molecule has 21 heavy (non-hydrogen) atoms. The van der Waals surface area contributed by atoms with Crippen LogP contribution in [-0.4, -0.2) is 29.5 Å². The minimum absolute atomic E-state index is 0.367. The van der Waals surface area contributed by atoms with Gasteiger partial charge in [0.1, 0.15) is 0 Å². The second-order valence-corrected chi connectivity index (χ2v) is 5.68. The van der Waals surface area contributed by atoms with Crippen molar-refractivity contribution >= 4 is 0 Å². The summed E-state index contributed by atoms with van der Waals surface area (Å²) in [7, 11) is 5.18. The fourth-order valence-corrected chi connectivity index (χ4v) is 2.49. The molecule has 1 atom stereocenters. The summed E-state index contributed by atoms with van der Waals surface area (Å²) in [4.78, 5) is 0. The number of hydrogen-bond donors (Lipinski definition) is 1. The van der Waals surface area contributed by atoms with E-state index in [1.807, 2.05) is 44.4 Å². The second kappa shape index (κ2) is 6.18. The number of benzene rings is 1. The minimum atomic E-state index is -0.367. The molecular weight excluding hydrogens is 266 g/mol. The van der Waals surface area contributed by atoms with E-state index in [2.05, 4.69) is 5.10 Å². The van der Waals surface area contributed by atoms with Gasteiger partial charge in [0.2, 0.25) is 0 Å². The van der Waals surface area contributed by atoms with E-state index in [9.17, 15) is 0 Å². The van der Waals surface area contributed by atoms with Crippen molar-refractivity contribution in [3.63, 3.8) is 0 Å². The van der Waals surface area contributed by atoms with Crippen molar-refractivity contribution < 1.29 is 9.47 Å². The van der Waals surface area contributed by atoms with Crippen LogP contribution in [0.1, 0.15) is 18.2 Å². The van der Waals surface area contributed by atoms with Gasteiger partial charge >= 0.3 is 0 Å². The van der Waals surface area contributed by atoms with Crippen LogP contribution in [0.2, 0.25) is 0 Å². The highest BCUT2D eigenvalue weighted by Gasteiger charge is 2.21. The molecule has 1 heterocycles. The van der Waals surface area contributed by atoms with E-state index < -0.39 is 0 Å². The first-order valence-corrected chi connectivity index (χ1v) is 6.92. The highest BCUT2D eigenvalue weighted by Crippen LogP contribution is 2.29. The van der Waals surface area contributed by atoms with Crippen molar-refractivity contribution in [1.29, 1.82) is 0 Å². The van der Waals surface area contributed by atoms with Crippen LogP contribution >= 0.6 is 0 Å². The summed E-state index contributed by atoms with van der Waals surface area (Å²) < 4.78 is 12.4. The van der Waals surface area contributed by atoms with Crippen molar-refractivity contribution in [2.75, 3.05) is 14.2 Å². The Morgan fingerprint density at radius 3 is 2.43 bits per heavy atom. The summed E-state index contributed by atoms with van der Waals surface area (Å²) in [6, 6.07) is 7.90. The van der Waals surface area contributed by atoms with E-state index in [4.69, 9.17) is 15.2 Å². The molecule has 1 aromatic carbocycles. The third-order valence-electron chi connectivity index (χ3n) is 3.41. The SMILES string of the molecule is COc1ccc(CC(C)(N)Cc2ccn(C)n2)cc1OC. The second-order valence-electron chi connectivity index (χ2n) is 5.68. The Bertz CT molecular complexity index is 605. The Balaban J connectivity index is 2.12. The molecule has 0 saturated carbocycles. The molecular formula is C16H23N3O2. The average Bonchev–Trinajstić information content (AvgIpc) is 2.82. The smallest absolute Gasteiger partial charge is 0.160 e. The highest BCUT2D eigenvalue weighted by molar-refractivity contribution is 5.43. The normalized spacial score (nSPS) is 13.8. The summed E-state index contributed by atoms with van der Waals surface area (Å²) in [6.07, 6.45) is 3.40. The van der Waals surface area contributed by atoms with Crippen molar-refractivity contribution in [3.8, 4) is 11.5 Å². The molecule has 2 rings (SSSR count). The van der Waals surface area contributed by atoms with Crippen LogP contribution in [0.5, 0.6) is 11.5 Å². The first-order valence-electron chi connectivity index (χ1n) is 6.92. The predicted octanol–water partition coefficient (Wildman–Crippen LogP) is 1.94. The van der Waals surface area contributed by atoms with Crippen LogP contribution in [0.4, 0.5) is 0 Å². The fourth-order valence-electron chi connectivity index (χ4n) is 2.49. The molecule has 0 bridgehead atoms. The van der Waals surface area contributed by atoms with E-state index in [0.29, 0.717) is 0 Å². The molecule has 5 heteroatoms. The third kappa shape index (κ3) is 3.98. The number of nitrogens with two attached hydrogens (primary N) is 1. The minimum Gasteiger partial charge on any atom is -0.493 e. The van der Waals surface area contributed by atoms with Gasteiger partial charge < -0.3 is 15.2 Å². The van der Waals surface area contributed by atoms with E-state index in [-0.39, 0.29) is 5.54 Å². The van der Waals surface area contributed by atoms with E-state index in [0.717, 1.165) is 35.6 Å². The zero-order valence-corrected chi connectivity index (χ0v) is 13.1. The standard InChI is InChI=1S/C16H23N3O2/c1-16(17,11-13-7-8-19(2)18-13)10-12-5-6-14(20-3)15(9-12)21-4/h5-9H,10-11,17H2,1-4H3. The van der Waals surface area contributed by atoms with Crippen LogP contribution in [0.25, 0.3) is 0 Å². The van der Waals surface area contributed by atoms with Gasteiger partial charge in [-0.2, -0.15) is 5.10 Å². The van der Waals surface area contributed by atoms with Crippen LogP contribution in [0.3, 0.4) is 0 Å². The van der Waals surface area contributed by atoms with Crippen molar-refractivity contribution in [2.45, 2.75) is 25.3 Å². The summed E-state index contributed by atoms with van der Waals surface area (Å²) >= 11 is 0. The first kappa shape index (κ1) is 15.4. The average molecular weight is 289 g/mol. The Labute approximate surface area is 125 Å². The van der Waals surface area contributed by atoms with Crippen LogP contribution in [0.15, 0.2) is 30.5 Å². The Kier molecular flexibility index (Phi) is 4.53. The largest absolute Gasteiger partial charge is 0.493 e. The number of ether oxygens (including phenoxy) is 2. The molecule has 0 fully saturated rings. The van der Waals surface area contributed by atoms with Gasteiger partial charge in [-0.1, -0.05) is 6.07 Å². The van der Waals surface area contributed by atoms with Crippen molar-refractivity contribution in [3.05, 3.63) is 41.7 Å². The van der Waals surface area contributed by atoms with Gasteiger partial charge in [-0.15, -0.1) is 0 Å². The molecule has 114 valence electrons. The van der Waals surface area contributed by atoms with Crippen molar-refractivity contribution in [2.24, 2.45) is 12.8 Å². The quantitative estimate of drug-likeness (QED) is 0.883. The zero-order chi connectivity index (χ0) is 15.5. The third-order valence-corrected chi connectivity index (χ3v) is 3.41. The number of rotatable bonds is 6. The van der Waals surface area contributed by atoms with Crippen LogP contribution < -0.4 is 15.2 Å². The lowest BCUT2D eigenvalue weighted by atomic mass is 9.89. The maximum absolute atomic E-state index is 6.43. The van der Waals surface area contributed by atoms with Gasteiger partial charge in [0.25, 0.3) is 0 Å². The number of aromatic nitrogens is 2. The predicted molar refractivity (Wildman–Crippen MR) is 82.8 cm³/mol. The van der Waals surface area contributed by atoms with Crippen LogP contribution in [-0.2, 0) is 19.9 Å². The van der Waals surface area contributed by atoms with Crippen LogP contribution in [0, 0.1) is 0 Å². The monoisotopic (exact) mass is 289 g/mol. The van der Waals surface area contributed by atoms with E-state index >= 15 is 0 Å². The maximum Gasteiger partial charge on any atom is 0.160 e. The lowest BCUT2D eigenvalue weighted by Gasteiger charge is -2.24. The van der Waals surface area contributed by atoms with Gasteiger partial charge in [-0.25, -0.2) is 0 Å². The molecule has 0 saturated heterocycles. The topological polar surface area (TPSA) is 62.3 Å². The molecule has 0 spiro atoms. The molecule has 0 aliphatic heterocycles. The molecule has 0 aliphatic carbocycles. The number of nitrogens with zero attached hydrogens (tertiary/aromatic N) is 2. The summed E-state index contributed by atoms with van der Waals surface area (Å²) in [5, 5.41) is 4.39. The molecule has 0 radical (unpaired) electrons. The first-order chi connectivity index (χ1) is 9.93. The Morgan fingerprint density at radius 1 is 1.14 bits per heavy atom. The molecule has 1 unspecified atom stereocenters. The lowest BCUT2D eigenvalue weighted by molar-refractivity contribution is 0.354. The van der Waals surface area contributed by atoms with Gasteiger partial charge in [0.15, 0.2) is 11.5 Å². The van der Waals surface area contributed by atoms with Crippen molar-refractivity contribution in [1.82, 2.24) is 9.78 Å². The van der Waals surface area contributed by atoms with Gasteiger partial charge in [0, 0.05) is 25.2 Å². The van der Waals surface area contributed by atoms with Gasteiger partial charge in [-0.05, 0) is 37.1 Å². The number of hydrogen-bond acceptors (Lipinski definition) is 4. The maximum atomic E-state index is 6.43. The molecule has 0 amide bonds. The number of methoxy groups -OCH3 is 2. The fraction of sp³-hybridized carbons (Fsp3) is 0.438.